The quantitative estimate of drug-likeness (QED) is 0.263. The monoisotopic (exact) mass is 210 g/mol. The minimum atomic E-state index is -0.00837. The van der Waals surface area contributed by atoms with Gasteiger partial charge in [-0.2, -0.15) is 0 Å². The van der Waals surface area contributed by atoms with Gasteiger partial charge >= 0.3 is 0 Å². The van der Waals surface area contributed by atoms with Gasteiger partial charge in [0.05, 0.1) is 6.04 Å². The molecule has 15 heavy (non-hydrogen) atoms. The third-order valence-electron chi connectivity index (χ3n) is 4.95. The van der Waals surface area contributed by atoms with Gasteiger partial charge in [-0.15, -0.1) is 0 Å². The molecule has 0 aliphatic heterocycles. The lowest BCUT2D eigenvalue weighted by Crippen LogP contribution is -2.63. The first kappa shape index (κ1) is 10.7. The van der Waals surface area contributed by atoms with Crippen molar-refractivity contribution in [1.82, 2.24) is 5.01 Å². The zero-order valence-electron chi connectivity index (χ0n) is 9.83. The van der Waals surface area contributed by atoms with E-state index in [2.05, 4.69) is 20.8 Å². The third kappa shape index (κ3) is 1.34. The molecule has 3 rings (SSSR count). The van der Waals surface area contributed by atoms with E-state index < -0.39 is 0 Å². The molecule has 2 bridgehead atoms. The van der Waals surface area contributed by atoms with Gasteiger partial charge in [0.25, 0.3) is 0 Å². The molecular weight excluding hydrogens is 188 g/mol. The number of hydrazine groups is 1. The SMILES string of the molecule is C[C@H]1[C@H]2C[C@@H](C[C@@H]1N(N)C(=N)N)C2(C)C. The molecule has 0 spiro atoms. The van der Waals surface area contributed by atoms with Crippen LogP contribution < -0.4 is 11.6 Å². The Morgan fingerprint density at radius 2 is 2.00 bits per heavy atom. The Labute approximate surface area is 91.5 Å². The van der Waals surface area contributed by atoms with E-state index in [1.54, 1.807) is 0 Å². The van der Waals surface area contributed by atoms with Crippen LogP contribution >= 0.6 is 0 Å². The van der Waals surface area contributed by atoms with E-state index in [4.69, 9.17) is 17.0 Å². The second-order valence-corrected chi connectivity index (χ2v) is 5.82. The number of guanidine groups is 1. The molecule has 0 aromatic heterocycles. The molecule has 0 aromatic rings. The van der Waals surface area contributed by atoms with Crippen LogP contribution in [0.2, 0.25) is 0 Å². The van der Waals surface area contributed by atoms with Crippen molar-refractivity contribution < 1.29 is 0 Å². The predicted octanol–water partition coefficient (Wildman–Crippen LogP) is 1.13. The second-order valence-electron chi connectivity index (χ2n) is 5.82. The Balaban J connectivity index is 2.12. The largest absolute Gasteiger partial charge is 0.369 e. The molecule has 3 aliphatic rings. The van der Waals surface area contributed by atoms with Crippen molar-refractivity contribution in [3.63, 3.8) is 0 Å². The van der Waals surface area contributed by atoms with Crippen molar-refractivity contribution in [2.24, 2.45) is 34.7 Å². The fourth-order valence-electron chi connectivity index (χ4n) is 3.67. The van der Waals surface area contributed by atoms with Crippen molar-refractivity contribution >= 4 is 5.96 Å². The second kappa shape index (κ2) is 3.11. The fourth-order valence-corrected chi connectivity index (χ4v) is 3.67. The highest BCUT2D eigenvalue weighted by atomic mass is 15.5. The summed E-state index contributed by atoms with van der Waals surface area (Å²) < 4.78 is 0. The van der Waals surface area contributed by atoms with Gasteiger partial charge in [-0.25, -0.2) is 5.84 Å². The predicted molar refractivity (Wildman–Crippen MR) is 60.9 cm³/mol. The number of hydrogen-bond acceptors (Lipinski definition) is 2. The molecule has 86 valence electrons. The van der Waals surface area contributed by atoms with Gasteiger partial charge in [0, 0.05) is 0 Å². The normalized spacial score (nSPS) is 41.9. The molecule has 0 radical (unpaired) electrons. The summed E-state index contributed by atoms with van der Waals surface area (Å²) >= 11 is 0. The molecule has 3 aliphatic carbocycles. The zero-order valence-corrected chi connectivity index (χ0v) is 9.83. The van der Waals surface area contributed by atoms with E-state index in [-0.39, 0.29) is 12.0 Å². The first-order valence-electron chi connectivity index (χ1n) is 5.73. The summed E-state index contributed by atoms with van der Waals surface area (Å²) in [5.74, 6) is 7.87. The molecule has 4 atom stereocenters. The van der Waals surface area contributed by atoms with E-state index in [1.165, 1.54) is 11.4 Å². The molecule has 0 unspecified atom stereocenters. The van der Waals surface area contributed by atoms with Crippen molar-refractivity contribution in [1.29, 1.82) is 5.41 Å². The number of nitrogens with one attached hydrogen (secondary N) is 1. The Morgan fingerprint density at radius 1 is 1.40 bits per heavy atom. The summed E-state index contributed by atoms with van der Waals surface area (Å²) in [5, 5.41) is 8.84. The van der Waals surface area contributed by atoms with Crippen LogP contribution in [0.3, 0.4) is 0 Å². The van der Waals surface area contributed by atoms with E-state index in [9.17, 15) is 0 Å². The maximum atomic E-state index is 7.38. The molecule has 3 fully saturated rings. The highest BCUT2D eigenvalue weighted by molar-refractivity contribution is 5.74. The Kier molecular flexibility index (Phi) is 2.23. The smallest absolute Gasteiger partial charge is 0.203 e. The van der Waals surface area contributed by atoms with Gasteiger partial charge in [0.2, 0.25) is 5.96 Å². The van der Waals surface area contributed by atoms with Crippen LogP contribution in [0.15, 0.2) is 0 Å². The van der Waals surface area contributed by atoms with Crippen LogP contribution in [0, 0.1) is 28.6 Å². The minimum Gasteiger partial charge on any atom is -0.369 e. The van der Waals surface area contributed by atoms with Gasteiger partial charge in [0.1, 0.15) is 0 Å². The third-order valence-corrected chi connectivity index (χ3v) is 4.95. The molecule has 0 aromatic carbocycles. The van der Waals surface area contributed by atoms with E-state index >= 15 is 0 Å². The number of nitrogens with two attached hydrogens (primary N) is 2. The average Bonchev–Trinajstić information content (AvgIpc) is 2.15. The van der Waals surface area contributed by atoms with Gasteiger partial charge in [-0.3, -0.25) is 10.4 Å². The van der Waals surface area contributed by atoms with Crippen LogP contribution in [-0.4, -0.2) is 17.0 Å². The van der Waals surface area contributed by atoms with Crippen LogP contribution in [0.25, 0.3) is 0 Å². The van der Waals surface area contributed by atoms with Crippen molar-refractivity contribution in [3.05, 3.63) is 0 Å². The van der Waals surface area contributed by atoms with Crippen LogP contribution in [0.4, 0.5) is 0 Å². The fraction of sp³-hybridized carbons (Fsp3) is 0.909. The summed E-state index contributed by atoms with van der Waals surface area (Å²) in [6.45, 7) is 6.95. The topological polar surface area (TPSA) is 79.1 Å². The van der Waals surface area contributed by atoms with E-state index in [1.807, 2.05) is 0 Å². The standard InChI is InChI=1S/C11H22N4/c1-6-8-4-7(11(8,2)3)5-9(6)15(14)10(12)13/h6-9H,4-5,14H2,1-3H3,(H3,12,13)/t6-,7-,8+,9-/m0/s1. The number of rotatable bonds is 1. The Bertz CT molecular complexity index is 286. The number of hydrogen-bond donors (Lipinski definition) is 3. The maximum Gasteiger partial charge on any atom is 0.203 e. The summed E-state index contributed by atoms with van der Waals surface area (Å²) in [5.41, 5.74) is 5.91. The molecule has 4 nitrogen and oxygen atoms in total. The first-order valence-corrected chi connectivity index (χ1v) is 5.73. The molecule has 5 N–H and O–H groups in total. The summed E-state index contributed by atoms with van der Waals surface area (Å²) in [4.78, 5) is 0. The number of fused-ring (bicyclic) bond motifs is 2. The van der Waals surface area contributed by atoms with Crippen molar-refractivity contribution in [2.45, 2.75) is 39.7 Å². The minimum absolute atomic E-state index is 0.00837. The molecule has 0 heterocycles. The molecule has 3 saturated carbocycles. The first-order chi connectivity index (χ1) is 6.85. The lowest BCUT2D eigenvalue weighted by Gasteiger charge is -2.63. The van der Waals surface area contributed by atoms with E-state index in [0.717, 1.165) is 18.3 Å². The summed E-state index contributed by atoms with van der Waals surface area (Å²) in [6, 6.07) is 0.263. The molecular formula is C11H22N4. The summed E-state index contributed by atoms with van der Waals surface area (Å²) in [7, 11) is 0. The van der Waals surface area contributed by atoms with Crippen LogP contribution in [-0.2, 0) is 0 Å². The van der Waals surface area contributed by atoms with Gasteiger partial charge < -0.3 is 5.73 Å². The van der Waals surface area contributed by atoms with Crippen molar-refractivity contribution in [3.8, 4) is 0 Å². The maximum absolute atomic E-state index is 7.38. The Morgan fingerprint density at radius 3 is 2.40 bits per heavy atom. The Hall–Kier alpha value is -0.770. The van der Waals surface area contributed by atoms with E-state index in [0.29, 0.717) is 11.3 Å². The summed E-state index contributed by atoms with van der Waals surface area (Å²) in [6.07, 6.45) is 2.41. The lowest BCUT2D eigenvalue weighted by molar-refractivity contribution is -0.129. The van der Waals surface area contributed by atoms with Gasteiger partial charge in [0.15, 0.2) is 0 Å². The van der Waals surface area contributed by atoms with Gasteiger partial charge in [-0.1, -0.05) is 20.8 Å². The highest BCUT2D eigenvalue weighted by Gasteiger charge is 2.57. The van der Waals surface area contributed by atoms with Crippen molar-refractivity contribution in [2.75, 3.05) is 0 Å². The zero-order chi connectivity index (χ0) is 11.4. The van der Waals surface area contributed by atoms with Crippen LogP contribution in [0.5, 0.6) is 0 Å². The highest BCUT2D eigenvalue weighted by Crippen LogP contribution is 2.61. The molecule has 0 saturated heterocycles. The average molecular weight is 210 g/mol. The lowest BCUT2D eigenvalue weighted by atomic mass is 9.44. The molecule has 0 amide bonds. The van der Waals surface area contributed by atoms with Crippen LogP contribution in [0.1, 0.15) is 33.6 Å². The van der Waals surface area contributed by atoms with Gasteiger partial charge in [-0.05, 0) is 36.0 Å². The molecule has 4 heteroatoms. The number of nitrogens with zero attached hydrogens (tertiary/aromatic N) is 1.